The first-order valence-electron chi connectivity index (χ1n) is 8.99. The molecular formula is C21H19N5O4. The van der Waals surface area contributed by atoms with Crippen molar-refractivity contribution in [1.29, 1.82) is 0 Å². The zero-order valence-electron chi connectivity index (χ0n) is 16.6. The van der Waals surface area contributed by atoms with Crippen LogP contribution in [0.3, 0.4) is 0 Å². The second-order valence-corrected chi connectivity index (χ2v) is 6.26. The summed E-state index contributed by atoms with van der Waals surface area (Å²) in [5, 5.41) is 4.12. The summed E-state index contributed by atoms with van der Waals surface area (Å²) in [5.74, 6) is 1.26. The smallest absolute Gasteiger partial charge is 0.203 e. The van der Waals surface area contributed by atoms with Gasteiger partial charge in [-0.15, -0.1) is 0 Å². The molecule has 0 unspecified atom stereocenters. The van der Waals surface area contributed by atoms with Crippen molar-refractivity contribution in [1.82, 2.24) is 24.7 Å². The molecule has 1 aromatic carbocycles. The van der Waals surface area contributed by atoms with Gasteiger partial charge >= 0.3 is 0 Å². The third-order valence-corrected chi connectivity index (χ3v) is 4.58. The Labute approximate surface area is 172 Å². The van der Waals surface area contributed by atoms with Crippen LogP contribution in [0.5, 0.6) is 17.2 Å². The zero-order chi connectivity index (χ0) is 21.1. The summed E-state index contributed by atoms with van der Waals surface area (Å²) in [5.41, 5.74) is 2.31. The minimum atomic E-state index is -0.277. The normalized spacial score (nSPS) is 10.6. The molecule has 9 heteroatoms. The predicted octanol–water partition coefficient (Wildman–Crippen LogP) is 2.91. The highest BCUT2D eigenvalue weighted by Gasteiger charge is 2.22. The fraction of sp³-hybridized carbons (Fsp3) is 0.143. The zero-order valence-corrected chi connectivity index (χ0v) is 16.6. The van der Waals surface area contributed by atoms with Crippen LogP contribution >= 0.6 is 0 Å². The molecule has 0 aliphatic heterocycles. The summed E-state index contributed by atoms with van der Waals surface area (Å²) in [6, 6.07) is 8.76. The highest BCUT2D eigenvalue weighted by Crippen LogP contribution is 2.39. The van der Waals surface area contributed by atoms with E-state index in [1.165, 1.54) is 38.7 Å². The number of benzene rings is 1. The van der Waals surface area contributed by atoms with Gasteiger partial charge in [0.1, 0.15) is 12.7 Å². The van der Waals surface area contributed by atoms with Crippen molar-refractivity contribution in [3.8, 4) is 34.3 Å². The van der Waals surface area contributed by atoms with Gasteiger partial charge in [-0.1, -0.05) is 0 Å². The predicted molar refractivity (Wildman–Crippen MR) is 108 cm³/mol. The molecule has 9 nitrogen and oxygen atoms in total. The van der Waals surface area contributed by atoms with Crippen LogP contribution < -0.4 is 14.2 Å². The molecule has 0 atom stereocenters. The van der Waals surface area contributed by atoms with E-state index in [-0.39, 0.29) is 5.78 Å². The Hall–Kier alpha value is -4.14. The van der Waals surface area contributed by atoms with Crippen LogP contribution in [0.15, 0.2) is 55.4 Å². The van der Waals surface area contributed by atoms with Crippen LogP contribution in [0.2, 0.25) is 0 Å². The highest BCUT2D eigenvalue weighted by atomic mass is 16.5. The minimum Gasteiger partial charge on any atom is -0.493 e. The number of pyridine rings is 1. The Kier molecular flexibility index (Phi) is 5.17. The summed E-state index contributed by atoms with van der Waals surface area (Å²) < 4.78 is 17.6. The molecule has 0 bridgehead atoms. The van der Waals surface area contributed by atoms with Gasteiger partial charge in [0.25, 0.3) is 0 Å². The van der Waals surface area contributed by atoms with Crippen LogP contribution in [-0.2, 0) is 0 Å². The number of ketones is 1. The van der Waals surface area contributed by atoms with Gasteiger partial charge in [0.2, 0.25) is 5.75 Å². The van der Waals surface area contributed by atoms with Gasteiger partial charge in [-0.3, -0.25) is 4.79 Å². The average molecular weight is 405 g/mol. The number of carbonyl (C=O) groups is 1. The molecule has 0 amide bonds. The topological polar surface area (TPSA) is 104 Å². The molecule has 152 valence electrons. The fourth-order valence-corrected chi connectivity index (χ4v) is 3.15. The molecule has 0 radical (unpaired) electrons. The Morgan fingerprint density at radius 3 is 2.40 bits per heavy atom. The van der Waals surface area contributed by atoms with E-state index in [0.717, 1.165) is 11.3 Å². The molecule has 3 aromatic heterocycles. The molecule has 1 N–H and O–H groups in total. The molecule has 0 aliphatic rings. The number of methoxy groups -OCH3 is 3. The molecule has 3 heterocycles. The van der Waals surface area contributed by atoms with Gasteiger partial charge in [-0.2, -0.15) is 5.10 Å². The maximum absolute atomic E-state index is 13.6. The third-order valence-electron chi connectivity index (χ3n) is 4.58. The first kappa shape index (κ1) is 19.2. The SMILES string of the molecule is COc1cc(C(=O)c2cc(-c3ccc[nH]3)cnc2-n2cncn2)cc(OC)c1OC. The monoisotopic (exact) mass is 405 g/mol. The summed E-state index contributed by atoms with van der Waals surface area (Å²) >= 11 is 0. The van der Waals surface area contributed by atoms with E-state index in [2.05, 4.69) is 20.1 Å². The highest BCUT2D eigenvalue weighted by molar-refractivity contribution is 6.12. The summed E-state index contributed by atoms with van der Waals surface area (Å²) in [6.45, 7) is 0. The van der Waals surface area contributed by atoms with E-state index >= 15 is 0 Å². The Morgan fingerprint density at radius 1 is 1.07 bits per heavy atom. The first-order chi connectivity index (χ1) is 14.7. The number of hydrogen-bond acceptors (Lipinski definition) is 7. The van der Waals surface area contributed by atoms with Gasteiger partial charge < -0.3 is 19.2 Å². The van der Waals surface area contributed by atoms with Crippen molar-refractivity contribution in [2.75, 3.05) is 21.3 Å². The van der Waals surface area contributed by atoms with Crippen LogP contribution in [0.25, 0.3) is 17.1 Å². The molecule has 0 aliphatic carbocycles. The van der Waals surface area contributed by atoms with Gasteiger partial charge in [0.05, 0.1) is 26.9 Å². The number of aromatic nitrogens is 5. The number of carbonyl (C=O) groups excluding carboxylic acids is 1. The van der Waals surface area contributed by atoms with Crippen LogP contribution in [0, 0.1) is 0 Å². The lowest BCUT2D eigenvalue weighted by molar-refractivity contribution is 0.103. The number of aromatic amines is 1. The van der Waals surface area contributed by atoms with Crippen molar-refractivity contribution in [2.24, 2.45) is 0 Å². The largest absolute Gasteiger partial charge is 0.493 e. The molecule has 0 spiro atoms. The van der Waals surface area contributed by atoms with E-state index in [4.69, 9.17) is 14.2 Å². The van der Waals surface area contributed by atoms with Crippen molar-refractivity contribution >= 4 is 5.78 Å². The number of nitrogens with one attached hydrogen (secondary N) is 1. The maximum Gasteiger partial charge on any atom is 0.203 e. The van der Waals surface area contributed by atoms with Gasteiger partial charge in [-0.25, -0.2) is 14.6 Å². The number of H-pyrrole nitrogens is 1. The molecule has 0 saturated carbocycles. The molecule has 4 rings (SSSR count). The van der Waals surface area contributed by atoms with E-state index < -0.39 is 0 Å². The molecule has 30 heavy (non-hydrogen) atoms. The number of hydrogen-bond donors (Lipinski definition) is 1. The quantitative estimate of drug-likeness (QED) is 0.472. The van der Waals surface area contributed by atoms with Gasteiger partial charge in [0, 0.05) is 29.2 Å². The van der Waals surface area contributed by atoms with Gasteiger partial charge in [-0.05, 0) is 30.3 Å². The van der Waals surface area contributed by atoms with E-state index in [9.17, 15) is 4.79 Å². The number of rotatable bonds is 7. The average Bonchev–Trinajstić information content (AvgIpc) is 3.51. The molecule has 4 aromatic rings. The van der Waals surface area contributed by atoms with Crippen LogP contribution in [0.1, 0.15) is 15.9 Å². The first-order valence-corrected chi connectivity index (χ1v) is 8.99. The summed E-state index contributed by atoms with van der Waals surface area (Å²) in [6.07, 6.45) is 6.35. The summed E-state index contributed by atoms with van der Waals surface area (Å²) in [4.78, 5) is 25.1. The lowest BCUT2D eigenvalue weighted by atomic mass is 10.0. The van der Waals surface area contributed by atoms with Crippen LogP contribution in [-0.4, -0.2) is 51.8 Å². The Balaban J connectivity index is 1.88. The number of ether oxygens (including phenoxy) is 3. The Bertz CT molecular complexity index is 1150. The molecule has 0 fully saturated rings. The second kappa shape index (κ2) is 8.08. The third kappa shape index (κ3) is 3.37. The van der Waals surface area contributed by atoms with Crippen molar-refractivity contribution in [2.45, 2.75) is 0 Å². The van der Waals surface area contributed by atoms with E-state index in [0.29, 0.717) is 34.2 Å². The molecule has 0 saturated heterocycles. The lowest BCUT2D eigenvalue weighted by Crippen LogP contribution is -2.11. The number of nitrogens with zero attached hydrogens (tertiary/aromatic N) is 4. The van der Waals surface area contributed by atoms with E-state index in [1.807, 2.05) is 12.1 Å². The van der Waals surface area contributed by atoms with Crippen molar-refractivity contribution in [3.05, 3.63) is 66.5 Å². The standard InChI is InChI=1S/C21H19N5O4/c1-28-17-8-13(9-18(29-2)20(17)30-3)19(27)15-7-14(16-5-4-6-23-16)10-24-21(15)26-12-22-11-25-26/h4-12,23H,1-3H3. The maximum atomic E-state index is 13.6. The second-order valence-electron chi connectivity index (χ2n) is 6.26. The van der Waals surface area contributed by atoms with E-state index in [1.54, 1.807) is 30.6 Å². The molecular weight excluding hydrogens is 386 g/mol. The van der Waals surface area contributed by atoms with Gasteiger partial charge in [0.15, 0.2) is 23.1 Å². The van der Waals surface area contributed by atoms with Crippen molar-refractivity contribution in [3.63, 3.8) is 0 Å². The Morgan fingerprint density at radius 2 is 1.83 bits per heavy atom. The lowest BCUT2D eigenvalue weighted by Gasteiger charge is -2.15. The van der Waals surface area contributed by atoms with Crippen LogP contribution in [0.4, 0.5) is 0 Å². The fourth-order valence-electron chi connectivity index (χ4n) is 3.15. The minimum absolute atomic E-state index is 0.277. The van der Waals surface area contributed by atoms with Crippen molar-refractivity contribution < 1.29 is 19.0 Å². The summed E-state index contributed by atoms with van der Waals surface area (Å²) in [7, 11) is 4.51.